The number of unbranched alkanes of at least 4 members (excludes halogenated alkanes) is 27. The number of amides is 1. The van der Waals surface area contributed by atoms with Crippen LogP contribution in [0.3, 0.4) is 0 Å². The molecular formula is C43H85NO8. The van der Waals surface area contributed by atoms with Crippen molar-refractivity contribution in [2.24, 2.45) is 0 Å². The molecule has 0 aromatic carbocycles. The van der Waals surface area contributed by atoms with Gasteiger partial charge in [0.1, 0.15) is 24.4 Å². The minimum atomic E-state index is -1.55. The minimum Gasteiger partial charge on any atom is -0.394 e. The van der Waals surface area contributed by atoms with Crippen molar-refractivity contribution >= 4 is 5.91 Å². The fourth-order valence-electron chi connectivity index (χ4n) is 7.34. The maximum Gasteiger partial charge on any atom is 0.220 e. The summed E-state index contributed by atoms with van der Waals surface area (Å²) in [6.45, 7) is 3.82. The molecular weight excluding hydrogens is 658 g/mol. The van der Waals surface area contributed by atoms with Crippen LogP contribution in [0.4, 0.5) is 0 Å². The van der Waals surface area contributed by atoms with Crippen molar-refractivity contribution < 1.29 is 39.8 Å². The van der Waals surface area contributed by atoms with Crippen molar-refractivity contribution in [3.05, 3.63) is 0 Å². The van der Waals surface area contributed by atoms with Crippen molar-refractivity contribution in [1.82, 2.24) is 5.32 Å². The van der Waals surface area contributed by atoms with Gasteiger partial charge in [-0.05, 0) is 12.8 Å². The summed E-state index contributed by atoms with van der Waals surface area (Å²) in [6, 6.07) is -0.709. The highest BCUT2D eigenvalue weighted by Crippen LogP contribution is 2.23. The molecule has 0 saturated carbocycles. The van der Waals surface area contributed by atoms with E-state index in [4.69, 9.17) is 9.47 Å². The van der Waals surface area contributed by atoms with Gasteiger partial charge in [0.05, 0.1) is 25.4 Å². The number of hydrogen-bond acceptors (Lipinski definition) is 8. The van der Waals surface area contributed by atoms with Crippen LogP contribution in [-0.4, -0.2) is 87.5 Å². The monoisotopic (exact) mass is 744 g/mol. The largest absolute Gasteiger partial charge is 0.394 e. The van der Waals surface area contributed by atoms with Gasteiger partial charge >= 0.3 is 0 Å². The average Bonchev–Trinajstić information content (AvgIpc) is 3.14. The van der Waals surface area contributed by atoms with Crippen LogP contribution in [0.5, 0.6) is 0 Å². The Kier molecular flexibility index (Phi) is 32.8. The SMILES string of the molecule is CCCCCCCCCCCCCCCCCCCCCC(=O)N[C@@H](CO[C@@H]1O[C@H](CO)[C@H](O)C(O)C1O)[C@H](O)CCCCCCCCCCCC. The van der Waals surface area contributed by atoms with Crippen LogP contribution in [0.15, 0.2) is 0 Å². The Morgan fingerprint density at radius 2 is 0.962 bits per heavy atom. The molecule has 0 spiro atoms. The molecule has 1 rings (SSSR count). The number of ether oxygens (including phenoxy) is 2. The highest BCUT2D eigenvalue weighted by Gasteiger charge is 2.44. The summed E-state index contributed by atoms with van der Waals surface area (Å²) in [7, 11) is 0. The summed E-state index contributed by atoms with van der Waals surface area (Å²) in [5, 5.41) is 54.2. The summed E-state index contributed by atoms with van der Waals surface area (Å²) in [6.07, 6.45) is 29.7. The predicted octanol–water partition coefficient (Wildman–Crippen LogP) is 8.78. The molecule has 1 heterocycles. The van der Waals surface area contributed by atoms with Crippen molar-refractivity contribution in [2.75, 3.05) is 13.2 Å². The number of hydrogen-bond donors (Lipinski definition) is 6. The molecule has 1 fully saturated rings. The predicted molar refractivity (Wildman–Crippen MR) is 212 cm³/mol. The molecule has 0 aromatic rings. The molecule has 52 heavy (non-hydrogen) atoms. The van der Waals surface area contributed by atoms with Crippen molar-refractivity contribution in [2.45, 2.75) is 256 Å². The van der Waals surface area contributed by atoms with E-state index >= 15 is 0 Å². The number of carbonyl (C=O) groups excluding carboxylic acids is 1. The third kappa shape index (κ3) is 25.3. The summed E-state index contributed by atoms with van der Waals surface area (Å²) in [4.78, 5) is 12.9. The van der Waals surface area contributed by atoms with Gasteiger partial charge in [-0.3, -0.25) is 4.79 Å². The number of carbonyl (C=O) groups is 1. The Morgan fingerprint density at radius 3 is 1.37 bits per heavy atom. The molecule has 1 aliphatic rings. The number of aliphatic hydroxyl groups is 5. The van der Waals surface area contributed by atoms with E-state index in [9.17, 15) is 30.3 Å². The summed E-state index contributed by atoms with van der Waals surface area (Å²) in [5.74, 6) is -0.142. The van der Waals surface area contributed by atoms with Gasteiger partial charge in [-0.1, -0.05) is 194 Å². The highest BCUT2D eigenvalue weighted by atomic mass is 16.7. The third-order valence-electron chi connectivity index (χ3n) is 11.0. The molecule has 0 aromatic heterocycles. The van der Waals surface area contributed by atoms with Crippen LogP contribution in [0.2, 0.25) is 0 Å². The molecule has 310 valence electrons. The summed E-state index contributed by atoms with van der Waals surface area (Å²) < 4.78 is 11.2. The maximum atomic E-state index is 12.9. The first-order valence-electron chi connectivity index (χ1n) is 22.2. The molecule has 1 saturated heterocycles. The minimum absolute atomic E-state index is 0.132. The number of nitrogens with one attached hydrogen (secondary N) is 1. The van der Waals surface area contributed by atoms with E-state index in [1.165, 1.54) is 148 Å². The van der Waals surface area contributed by atoms with Crippen molar-refractivity contribution in [3.63, 3.8) is 0 Å². The smallest absolute Gasteiger partial charge is 0.220 e. The van der Waals surface area contributed by atoms with Crippen LogP contribution in [-0.2, 0) is 14.3 Å². The van der Waals surface area contributed by atoms with Gasteiger partial charge < -0.3 is 40.3 Å². The van der Waals surface area contributed by atoms with E-state index in [1.807, 2.05) is 0 Å². The zero-order chi connectivity index (χ0) is 38.1. The van der Waals surface area contributed by atoms with Gasteiger partial charge in [-0.2, -0.15) is 0 Å². The van der Waals surface area contributed by atoms with Crippen LogP contribution in [0, 0.1) is 0 Å². The second-order valence-electron chi connectivity index (χ2n) is 15.9. The van der Waals surface area contributed by atoms with Gasteiger partial charge in [-0.15, -0.1) is 0 Å². The fraction of sp³-hybridized carbons (Fsp3) is 0.977. The van der Waals surface area contributed by atoms with E-state index in [2.05, 4.69) is 19.2 Å². The zero-order valence-electron chi connectivity index (χ0n) is 33.8. The van der Waals surface area contributed by atoms with Crippen LogP contribution in [0.25, 0.3) is 0 Å². The maximum absolute atomic E-state index is 12.9. The molecule has 1 aliphatic heterocycles. The van der Waals surface area contributed by atoms with E-state index in [-0.39, 0.29) is 12.5 Å². The fourth-order valence-corrected chi connectivity index (χ4v) is 7.34. The van der Waals surface area contributed by atoms with Gasteiger partial charge in [0, 0.05) is 6.42 Å². The van der Waals surface area contributed by atoms with Gasteiger partial charge in [0.2, 0.25) is 5.91 Å². The van der Waals surface area contributed by atoms with Crippen LogP contribution < -0.4 is 5.32 Å². The Hall–Kier alpha value is -0.810. The molecule has 0 radical (unpaired) electrons. The topological polar surface area (TPSA) is 149 Å². The molecule has 9 heteroatoms. The first-order valence-corrected chi connectivity index (χ1v) is 22.2. The lowest BCUT2D eigenvalue weighted by Crippen LogP contribution is -2.60. The molecule has 0 aliphatic carbocycles. The van der Waals surface area contributed by atoms with E-state index in [0.29, 0.717) is 12.8 Å². The molecule has 1 amide bonds. The Balaban J connectivity index is 2.28. The Bertz CT molecular complexity index is 786. The number of rotatable bonds is 37. The standard InChI is InChI=1S/C43H85NO8/c1-3-5-7-9-11-13-15-16-17-18-19-20-21-22-23-25-27-29-31-33-39(47)44-36(35-51-43-42(50)41(49)40(48)38(34-45)52-43)37(46)32-30-28-26-24-14-12-10-8-6-4-2/h36-38,40-43,45-46,48-50H,3-35H2,1-2H3,(H,44,47)/t36-,37+,38+,40-,41?,42?,43+/m0/s1. The van der Waals surface area contributed by atoms with E-state index in [1.54, 1.807) is 0 Å². The first kappa shape index (κ1) is 49.2. The molecule has 9 nitrogen and oxygen atoms in total. The highest BCUT2D eigenvalue weighted by molar-refractivity contribution is 5.76. The van der Waals surface area contributed by atoms with E-state index < -0.39 is 49.5 Å². The molecule has 2 unspecified atom stereocenters. The molecule has 7 atom stereocenters. The van der Waals surface area contributed by atoms with Crippen LogP contribution >= 0.6 is 0 Å². The van der Waals surface area contributed by atoms with Gasteiger partial charge in [-0.25, -0.2) is 0 Å². The second kappa shape index (κ2) is 34.7. The van der Waals surface area contributed by atoms with Crippen molar-refractivity contribution in [3.8, 4) is 0 Å². The lowest BCUT2D eigenvalue weighted by atomic mass is 9.99. The quantitative estimate of drug-likeness (QED) is 0.0346. The van der Waals surface area contributed by atoms with E-state index in [0.717, 1.165) is 38.5 Å². The second-order valence-corrected chi connectivity index (χ2v) is 15.9. The third-order valence-corrected chi connectivity index (χ3v) is 11.0. The molecule has 0 bridgehead atoms. The summed E-state index contributed by atoms with van der Waals surface area (Å²) >= 11 is 0. The normalized spacial score (nSPS) is 21.7. The average molecular weight is 744 g/mol. The Morgan fingerprint density at radius 1 is 0.577 bits per heavy atom. The van der Waals surface area contributed by atoms with Crippen molar-refractivity contribution in [1.29, 1.82) is 0 Å². The Labute approximate surface area is 319 Å². The lowest BCUT2D eigenvalue weighted by Gasteiger charge is -2.40. The molecule has 6 N–H and O–H groups in total. The van der Waals surface area contributed by atoms with Crippen LogP contribution in [0.1, 0.15) is 213 Å². The first-order chi connectivity index (χ1) is 25.3. The number of aliphatic hydroxyl groups excluding tert-OH is 5. The lowest BCUT2D eigenvalue weighted by molar-refractivity contribution is -0.302. The van der Waals surface area contributed by atoms with Gasteiger partial charge in [0.15, 0.2) is 6.29 Å². The van der Waals surface area contributed by atoms with Gasteiger partial charge in [0.25, 0.3) is 0 Å². The summed E-state index contributed by atoms with van der Waals surface area (Å²) in [5.41, 5.74) is 0. The zero-order valence-corrected chi connectivity index (χ0v) is 33.8.